The highest BCUT2D eigenvalue weighted by Crippen LogP contribution is 2.24. The van der Waals surface area contributed by atoms with Gasteiger partial charge in [-0.25, -0.2) is 14.4 Å². The summed E-state index contributed by atoms with van der Waals surface area (Å²) in [5.41, 5.74) is 3.76. The molecule has 3 aromatic rings. The van der Waals surface area contributed by atoms with Gasteiger partial charge in [0.1, 0.15) is 11.6 Å². The molecule has 0 aliphatic carbocycles. The molecule has 4 rings (SSSR count). The Balaban J connectivity index is 1.52. The molecular weight excluding hydrogens is 331 g/mol. The lowest BCUT2D eigenvalue weighted by atomic mass is 10.1. The number of fused-ring (bicyclic) bond motifs is 1. The van der Waals surface area contributed by atoms with E-state index in [-0.39, 0.29) is 5.82 Å². The molecule has 0 N–H and O–H groups in total. The van der Waals surface area contributed by atoms with Gasteiger partial charge in [-0.1, -0.05) is 0 Å². The lowest BCUT2D eigenvalue weighted by Crippen LogP contribution is -2.31. The van der Waals surface area contributed by atoms with Gasteiger partial charge in [0, 0.05) is 61.3 Å². The van der Waals surface area contributed by atoms with Crippen molar-refractivity contribution >= 4 is 0 Å². The average molecular weight is 350 g/mol. The predicted molar refractivity (Wildman–Crippen MR) is 96.0 cm³/mol. The Kier molecular flexibility index (Phi) is 4.58. The molecular formula is C20H19FN4O. The Hall–Kier alpha value is -2.86. The van der Waals surface area contributed by atoms with Crippen LogP contribution in [0.2, 0.25) is 0 Å². The van der Waals surface area contributed by atoms with Gasteiger partial charge in [0.25, 0.3) is 0 Å². The van der Waals surface area contributed by atoms with Gasteiger partial charge in [-0.05, 0) is 30.3 Å². The Bertz CT molecular complexity index is 917. The van der Waals surface area contributed by atoms with Crippen LogP contribution in [0, 0.1) is 5.82 Å². The second-order valence-electron chi connectivity index (χ2n) is 6.32. The van der Waals surface area contributed by atoms with E-state index in [0.29, 0.717) is 24.4 Å². The first-order valence-corrected chi connectivity index (χ1v) is 8.53. The number of rotatable bonds is 4. The van der Waals surface area contributed by atoms with E-state index in [2.05, 4.69) is 14.9 Å². The van der Waals surface area contributed by atoms with Crippen molar-refractivity contribution < 1.29 is 9.13 Å². The van der Waals surface area contributed by atoms with E-state index in [1.54, 1.807) is 31.6 Å². The van der Waals surface area contributed by atoms with Crippen molar-refractivity contribution in [1.29, 1.82) is 0 Å². The van der Waals surface area contributed by atoms with Gasteiger partial charge in [0.05, 0.1) is 12.8 Å². The molecule has 26 heavy (non-hydrogen) atoms. The molecule has 0 atom stereocenters. The zero-order valence-electron chi connectivity index (χ0n) is 14.5. The lowest BCUT2D eigenvalue weighted by molar-refractivity contribution is 0.239. The molecule has 0 spiro atoms. The number of halogens is 1. The molecule has 6 heteroatoms. The van der Waals surface area contributed by atoms with E-state index in [4.69, 9.17) is 9.72 Å². The summed E-state index contributed by atoms with van der Waals surface area (Å²) in [6.07, 6.45) is 6.18. The van der Waals surface area contributed by atoms with E-state index in [1.165, 1.54) is 6.07 Å². The molecule has 0 amide bonds. The Morgan fingerprint density at radius 1 is 1.19 bits per heavy atom. The molecule has 0 bridgehead atoms. The number of pyridine rings is 1. The average Bonchev–Trinajstić information content (AvgIpc) is 2.70. The Labute approximate surface area is 151 Å². The van der Waals surface area contributed by atoms with Gasteiger partial charge < -0.3 is 4.74 Å². The van der Waals surface area contributed by atoms with Crippen molar-refractivity contribution in [2.24, 2.45) is 0 Å². The number of nitrogens with zero attached hydrogens (tertiary/aromatic N) is 4. The molecule has 0 unspecified atom stereocenters. The fourth-order valence-electron chi connectivity index (χ4n) is 3.19. The molecule has 0 saturated heterocycles. The van der Waals surface area contributed by atoms with Crippen LogP contribution in [0.4, 0.5) is 4.39 Å². The highest BCUT2D eigenvalue weighted by atomic mass is 19.1. The van der Waals surface area contributed by atoms with Crippen LogP contribution >= 0.6 is 0 Å². The van der Waals surface area contributed by atoms with Crippen molar-refractivity contribution in [2.45, 2.75) is 19.5 Å². The van der Waals surface area contributed by atoms with Gasteiger partial charge >= 0.3 is 0 Å². The highest BCUT2D eigenvalue weighted by Gasteiger charge is 2.20. The largest absolute Gasteiger partial charge is 0.497 e. The molecule has 1 aliphatic heterocycles. The van der Waals surface area contributed by atoms with Crippen LogP contribution in [0.5, 0.6) is 5.75 Å². The van der Waals surface area contributed by atoms with Crippen LogP contribution in [0.1, 0.15) is 16.8 Å². The van der Waals surface area contributed by atoms with Gasteiger partial charge in [-0.3, -0.25) is 9.88 Å². The van der Waals surface area contributed by atoms with E-state index in [1.807, 2.05) is 18.3 Å². The molecule has 1 aliphatic rings. The zero-order valence-corrected chi connectivity index (χ0v) is 14.5. The first-order chi connectivity index (χ1) is 12.7. The lowest BCUT2D eigenvalue weighted by Gasteiger charge is -2.28. The van der Waals surface area contributed by atoms with Crippen molar-refractivity contribution in [3.63, 3.8) is 0 Å². The fraction of sp³-hybridized carbons (Fsp3) is 0.250. The summed E-state index contributed by atoms with van der Waals surface area (Å²) in [6.45, 7) is 2.08. The summed E-state index contributed by atoms with van der Waals surface area (Å²) in [5.74, 6) is 1.18. The quantitative estimate of drug-likeness (QED) is 0.723. The Morgan fingerprint density at radius 3 is 2.85 bits per heavy atom. The number of benzene rings is 1. The van der Waals surface area contributed by atoms with Gasteiger partial charge in [-0.2, -0.15) is 0 Å². The zero-order chi connectivity index (χ0) is 17.9. The number of hydrogen-bond acceptors (Lipinski definition) is 5. The smallest absolute Gasteiger partial charge is 0.159 e. The Morgan fingerprint density at radius 2 is 2.04 bits per heavy atom. The monoisotopic (exact) mass is 350 g/mol. The maximum atomic E-state index is 14.1. The maximum Gasteiger partial charge on any atom is 0.159 e. The standard InChI is InChI=1S/C20H19FN4O/c1-26-17-2-3-18(21)15(10-17)12-25-9-6-19-16(13-25)11-23-20(24-19)14-4-7-22-8-5-14/h2-5,7-8,10-11H,6,9,12-13H2,1H3. The van der Waals surface area contributed by atoms with E-state index >= 15 is 0 Å². The van der Waals surface area contributed by atoms with E-state index < -0.39 is 0 Å². The number of methoxy groups -OCH3 is 1. The summed E-state index contributed by atoms with van der Waals surface area (Å²) in [4.78, 5) is 15.4. The van der Waals surface area contributed by atoms with Gasteiger partial charge in [-0.15, -0.1) is 0 Å². The van der Waals surface area contributed by atoms with E-state index in [0.717, 1.165) is 35.6 Å². The second-order valence-corrected chi connectivity index (χ2v) is 6.32. The van der Waals surface area contributed by atoms with Crippen molar-refractivity contribution in [3.8, 4) is 17.1 Å². The topological polar surface area (TPSA) is 51.1 Å². The van der Waals surface area contributed by atoms with Gasteiger partial charge in [0.15, 0.2) is 5.82 Å². The normalized spacial score (nSPS) is 14.1. The number of hydrogen-bond donors (Lipinski definition) is 0. The van der Waals surface area contributed by atoms with Crippen LogP contribution in [0.15, 0.2) is 48.9 Å². The van der Waals surface area contributed by atoms with Crippen molar-refractivity contribution in [2.75, 3.05) is 13.7 Å². The molecule has 0 saturated carbocycles. The summed E-state index contributed by atoms with van der Waals surface area (Å²) in [5, 5.41) is 0. The summed E-state index contributed by atoms with van der Waals surface area (Å²) >= 11 is 0. The molecule has 5 nitrogen and oxygen atoms in total. The van der Waals surface area contributed by atoms with Crippen molar-refractivity contribution in [3.05, 3.63) is 71.6 Å². The molecule has 132 valence electrons. The van der Waals surface area contributed by atoms with Crippen LogP contribution in [-0.2, 0) is 19.5 Å². The van der Waals surface area contributed by atoms with Crippen LogP contribution in [-0.4, -0.2) is 33.5 Å². The van der Waals surface area contributed by atoms with Crippen LogP contribution in [0.25, 0.3) is 11.4 Å². The minimum Gasteiger partial charge on any atom is -0.497 e. The molecule has 0 radical (unpaired) electrons. The highest BCUT2D eigenvalue weighted by molar-refractivity contribution is 5.54. The first-order valence-electron chi connectivity index (χ1n) is 8.53. The first kappa shape index (κ1) is 16.6. The summed E-state index contributed by atoms with van der Waals surface area (Å²) in [7, 11) is 1.59. The third-order valence-electron chi connectivity index (χ3n) is 4.60. The maximum absolute atomic E-state index is 14.1. The minimum absolute atomic E-state index is 0.208. The SMILES string of the molecule is COc1ccc(F)c(CN2CCc3nc(-c4ccncc4)ncc3C2)c1. The summed E-state index contributed by atoms with van der Waals surface area (Å²) in [6, 6.07) is 8.66. The second kappa shape index (κ2) is 7.17. The van der Waals surface area contributed by atoms with E-state index in [9.17, 15) is 4.39 Å². The molecule has 2 aromatic heterocycles. The summed E-state index contributed by atoms with van der Waals surface area (Å²) < 4.78 is 19.3. The molecule has 1 aromatic carbocycles. The predicted octanol–water partition coefficient (Wildman–Crippen LogP) is 3.24. The minimum atomic E-state index is -0.208. The third-order valence-corrected chi connectivity index (χ3v) is 4.60. The fourth-order valence-corrected chi connectivity index (χ4v) is 3.19. The van der Waals surface area contributed by atoms with Gasteiger partial charge in [0.2, 0.25) is 0 Å². The van der Waals surface area contributed by atoms with Crippen LogP contribution in [0.3, 0.4) is 0 Å². The number of aromatic nitrogens is 3. The van der Waals surface area contributed by atoms with Crippen molar-refractivity contribution in [1.82, 2.24) is 19.9 Å². The number of ether oxygens (including phenoxy) is 1. The molecule has 0 fully saturated rings. The molecule has 3 heterocycles. The van der Waals surface area contributed by atoms with Crippen LogP contribution < -0.4 is 4.74 Å². The third kappa shape index (κ3) is 3.41.